The van der Waals surface area contributed by atoms with E-state index in [0.717, 1.165) is 36.1 Å². The number of hydrogen-bond acceptors (Lipinski definition) is 3. The van der Waals surface area contributed by atoms with Gasteiger partial charge in [0.2, 0.25) is 0 Å². The standard InChI is InChI=1S/C13H20N2O/c1-3-10-7-8-15(9-10)11-5-4-6-12(16-2)13(11)14/h4-6,10H,3,7-9,14H2,1-2H3. The first kappa shape index (κ1) is 11.1. The van der Waals surface area contributed by atoms with E-state index in [2.05, 4.69) is 17.9 Å². The largest absolute Gasteiger partial charge is 0.495 e. The fourth-order valence-corrected chi connectivity index (χ4v) is 2.37. The molecule has 3 heteroatoms. The van der Waals surface area contributed by atoms with Crippen LogP contribution < -0.4 is 15.4 Å². The molecule has 0 spiro atoms. The Hall–Kier alpha value is -1.38. The zero-order valence-electron chi connectivity index (χ0n) is 10.1. The number of rotatable bonds is 3. The van der Waals surface area contributed by atoms with Crippen molar-refractivity contribution in [3.63, 3.8) is 0 Å². The van der Waals surface area contributed by atoms with E-state index in [-0.39, 0.29) is 0 Å². The van der Waals surface area contributed by atoms with Crippen LogP contribution in [-0.4, -0.2) is 20.2 Å². The highest BCUT2D eigenvalue weighted by Gasteiger charge is 2.23. The molecule has 88 valence electrons. The highest BCUT2D eigenvalue weighted by Crippen LogP contribution is 2.35. The lowest BCUT2D eigenvalue weighted by Gasteiger charge is -2.21. The van der Waals surface area contributed by atoms with Crippen molar-refractivity contribution in [3.05, 3.63) is 18.2 Å². The van der Waals surface area contributed by atoms with Crippen LogP contribution in [-0.2, 0) is 0 Å². The van der Waals surface area contributed by atoms with E-state index in [9.17, 15) is 0 Å². The van der Waals surface area contributed by atoms with Crippen molar-refractivity contribution in [1.82, 2.24) is 0 Å². The predicted molar refractivity (Wildman–Crippen MR) is 68.0 cm³/mol. The Morgan fingerprint density at radius 2 is 2.31 bits per heavy atom. The SMILES string of the molecule is CCC1CCN(c2cccc(OC)c2N)C1. The summed E-state index contributed by atoms with van der Waals surface area (Å²) in [5, 5.41) is 0. The van der Waals surface area contributed by atoms with Crippen LogP contribution in [0.2, 0.25) is 0 Å². The van der Waals surface area contributed by atoms with Crippen molar-refractivity contribution in [3.8, 4) is 5.75 Å². The number of nitrogen functional groups attached to an aromatic ring is 1. The van der Waals surface area contributed by atoms with Crippen LogP contribution in [0.3, 0.4) is 0 Å². The average molecular weight is 220 g/mol. The van der Waals surface area contributed by atoms with Crippen LogP contribution in [0.5, 0.6) is 5.75 Å². The third kappa shape index (κ3) is 1.94. The molecule has 1 fully saturated rings. The second kappa shape index (κ2) is 4.64. The molecule has 0 aliphatic carbocycles. The van der Waals surface area contributed by atoms with Gasteiger partial charge in [-0.05, 0) is 24.5 Å². The number of nitrogens with two attached hydrogens (primary N) is 1. The van der Waals surface area contributed by atoms with E-state index in [0.29, 0.717) is 0 Å². The van der Waals surface area contributed by atoms with Crippen molar-refractivity contribution in [2.45, 2.75) is 19.8 Å². The lowest BCUT2D eigenvalue weighted by molar-refractivity contribution is 0.417. The molecule has 1 atom stereocenters. The second-order valence-corrected chi connectivity index (χ2v) is 4.40. The fourth-order valence-electron chi connectivity index (χ4n) is 2.37. The van der Waals surface area contributed by atoms with Gasteiger partial charge >= 0.3 is 0 Å². The number of ether oxygens (including phenoxy) is 1. The summed E-state index contributed by atoms with van der Waals surface area (Å²) in [5.41, 5.74) is 7.98. The van der Waals surface area contributed by atoms with Crippen LogP contribution in [0.1, 0.15) is 19.8 Å². The van der Waals surface area contributed by atoms with Gasteiger partial charge in [0, 0.05) is 13.1 Å². The van der Waals surface area contributed by atoms with Gasteiger partial charge in [-0.15, -0.1) is 0 Å². The number of benzene rings is 1. The van der Waals surface area contributed by atoms with E-state index < -0.39 is 0 Å². The molecule has 1 heterocycles. The first-order chi connectivity index (χ1) is 7.76. The highest BCUT2D eigenvalue weighted by molar-refractivity contribution is 5.74. The monoisotopic (exact) mass is 220 g/mol. The molecule has 0 aromatic heterocycles. The van der Waals surface area contributed by atoms with Crippen LogP contribution >= 0.6 is 0 Å². The summed E-state index contributed by atoms with van der Waals surface area (Å²) in [6.45, 7) is 4.48. The maximum atomic E-state index is 6.09. The fraction of sp³-hybridized carbons (Fsp3) is 0.538. The molecule has 1 saturated heterocycles. The van der Waals surface area contributed by atoms with Crippen molar-refractivity contribution in [1.29, 1.82) is 0 Å². The molecular weight excluding hydrogens is 200 g/mol. The van der Waals surface area contributed by atoms with Gasteiger partial charge in [-0.1, -0.05) is 19.4 Å². The Kier molecular flexibility index (Phi) is 3.22. The summed E-state index contributed by atoms with van der Waals surface area (Å²) in [6, 6.07) is 5.99. The zero-order valence-corrected chi connectivity index (χ0v) is 10.1. The predicted octanol–water partition coefficient (Wildman–Crippen LogP) is 2.51. The maximum absolute atomic E-state index is 6.09. The van der Waals surface area contributed by atoms with Crippen LogP contribution in [0.15, 0.2) is 18.2 Å². The highest BCUT2D eigenvalue weighted by atomic mass is 16.5. The van der Waals surface area contributed by atoms with Gasteiger partial charge in [-0.25, -0.2) is 0 Å². The van der Waals surface area contributed by atoms with Crippen LogP contribution in [0.4, 0.5) is 11.4 Å². The molecule has 0 saturated carbocycles. The van der Waals surface area contributed by atoms with Gasteiger partial charge in [0.05, 0.1) is 18.5 Å². The van der Waals surface area contributed by atoms with Gasteiger partial charge in [0.15, 0.2) is 0 Å². The minimum atomic E-state index is 0.766. The Bertz CT molecular complexity index is 365. The summed E-state index contributed by atoms with van der Waals surface area (Å²) < 4.78 is 5.25. The third-order valence-corrected chi connectivity index (χ3v) is 3.47. The second-order valence-electron chi connectivity index (χ2n) is 4.40. The molecule has 1 aliphatic heterocycles. The normalized spacial score (nSPS) is 20.1. The van der Waals surface area contributed by atoms with Crippen molar-refractivity contribution >= 4 is 11.4 Å². The number of methoxy groups -OCH3 is 1. The van der Waals surface area contributed by atoms with Gasteiger partial charge < -0.3 is 15.4 Å². The molecule has 0 amide bonds. The summed E-state index contributed by atoms with van der Waals surface area (Å²) in [4.78, 5) is 2.37. The summed E-state index contributed by atoms with van der Waals surface area (Å²) in [7, 11) is 1.66. The quantitative estimate of drug-likeness (QED) is 0.795. The van der Waals surface area contributed by atoms with Crippen molar-refractivity contribution in [2.24, 2.45) is 5.92 Å². The van der Waals surface area contributed by atoms with E-state index in [1.807, 2.05) is 12.1 Å². The smallest absolute Gasteiger partial charge is 0.143 e. The summed E-state index contributed by atoms with van der Waals surface area (Å²) in [6.07, 6.45) is 2.52. The molecule has 1 unspecified atom stereocenters. The molecule has 16 heavy (non-hydrogen) atoms. The topological polar surface area (TPSA) is 38.5 Å². The summed E-state index contributed by atoms with van der Waals surface area (Å²) in [5.74, 6) is 1.59. The summed E-state index contributed by atoms with van der Waals surface area (Å²) >= 11 is 0. The lowest BCUT2D eigenvalue weighted by atomic mass is 10.1. The van der Waals surface area contributed by atoms with Gasteiger partial charge in [0.1, 0.15) is 5.75 Å². The number of nitrogens with zero attached hydrogens (tertiary/aromatic N) is 1. The molecule has 0 radical (unpaired) electrons. The average Bonchev–Trinajstić information content (AvgIpc) is 2.78. The molecule has 1 aliphatic rings. The first-order valence-electron chi connectivity index (χ1n) is 5.93. The van der Waals surface area contributed by atoms with Crippen LogP contribution in [0.25, 0.3) is 0 Å². The molecule has 2 N–H and O–H groups in total. The molecular formula is C13H20N2O. The molecule has 2 rings (SSSR count). The Morgan fingerprint density at radius 3 is 2.94 bits per heavy atom. The van der Waals surface area contributed by atoms with Gasteiger partial charge in [-0.2, -0.15) is 0 Å². The first-order valence-corrected chi connectivity index (χ1v) is 5.93. The van der Waals surface area contributed by atoms with E-state index >= 15 is 0 Å². The van der Waals surface area contributed by atoms with E-state index in [1.165, 1.54) is 12.8 Å². The number of anilines is 2. The number of hydrogen-bond donors (Lipinski definition) is 1. The minimum Gasteiger partial charge on any atom is -0.495 e. The van der Waals surface area contributed by atoms with Crippen LogP contribution in [0, 0.1) is 5.92 Å². The molecule has 1 aromatic carbocycles. The maximum Gasteiger partial charge on any atom is 0.143 e. The van der Waals surface area contributed by atoms with E-state index in [4.69, 9.17) is 10.5 Å². The minimum absolute atomic E-state index is 0.766. The van der Waals surface area contributed by atoms with Gasteiger partial charge in [0.25, 0.3) is 0 Å². The number of para-hydroxylation sites is 1. The third-order valence-electron chi connectivity index (χ3n) is 3.47. The zero-order chi connectivity index (χ0) is 11.5. The van der Waals surface area contributed by atoms with Gasteiger partial charge in [-0.3, -0.25) is 0 Å². The van der Waals surface area contributed by atoms with E-state index in [1.54, 1.807) is 7.11 Å². The molecule has 3 nitrogen and oxygen atoms in total. The Balaban J connectivity index is 2.21. The molecule has 1 aromatic rings. The Morgan fingerprint density at radius 1 is 1.50 bits per heavy atom. The van der Waals surface area contributed by atoms with Crippen molar-refractivity contribution < 1.29 is 4.74 Å². The van der Waals surface area contributed by atoms with Crippen molar-refractivity contribution in [2.75, 3.05) is 30.8 Å². The molecule has 0 bridgehead atoms. The lowest BCUT2D eigenvalue weighted by Crippen LogP contribution is -2.20. The Labute approximate surface area is 97.2 Å².